The van der Waals surface area contributed by atoms with E-state index in [4.69, 9.17) is 5.11 Å². The third-order valence-corrected chi connectivity index (χ3v) is 7.78. The van der Waals surface area contributed by atoms with Crippen molar-refractivity contribution in [2.24, 2.45) is 0 Å². The molecule has 1 saturated heterocycles. The Morgan fingerprint density at radius 3 is 2.67 bits per heavy atom. The van der Waals surface area contributed by atoms with Crippen LogP contribution in [-0.4, -0.2) is 53.5 Å². The van der Waals surface area contributed by atoms with E-state index in [1.165, 1.54) is 6.92 Å². The van der Waals surface area contributed by atoms with Crippen molar-refractivity contribution in [2.45, 2.75) is 24.0 Å². The summed E-state index contributed by atoms with van der Waals surface area (Å²) in [6, 6.07) is 0. The Morgan fingerprint density at radius 2 is 2.14 bits per heavy atom. The molecule has 6 nitrogen and oxygen atoms in total. The molecule has 0 aliphatic carbocycles. The van der Waals surface area contributed by atoms with Gasteiger partial charge in [0.2, 0.25) is 10.0 Å². The molecule has 2 heterocycles. The van der Waals surface area contributed by atoms with Gasteiger partial charge in [-0.3, -0.25) is 0 Å². The molecule has 3 N–H and O–H groups in total. The summed E-state index contributed by atoms with van der Waals surface area (Å²) in [5, 5.41) is 9.31. The molecule has 1 aliphatic rings. The van der Waals surface area contributed by atoms with Crippen LogP contribution < -0.4 is 4.72 Å². The van der Waals surface area contributed by atoms with E-state index < -0.39 is 16.0 Å². The molecule has 1 unspecified atom stereocenters. The Bertz CT molecular complexity index is 633. The van der Waals surface area contributed by atoms with Crippen LogP contribution in [0.3, 0.4) is 0 Å². The van der Waals surface area contributed by atoms with E-state index in [0.29, 0.717) is 12.2 Å². The van der Waals surface area contributed by atoms with Crippen LogP contribution in [0.2, 0.25) is 0 Å². The smallest absolute Gasteiger partial charge is 0.352 e. The molecule has 1 aliphatic heterocycles. The minimum absolute atomic E-state index is 0.0494. The van der Waals surface area contributed by atoms with Crippen LogP contribution in [-0.2, 0) is 10.0 Å². The molecule has 1 aromatic heterocycles. The molecule has 0 saturated carbocycles. The average molecular weight is 350 g/mol. The van der Waals surface area contributed by atoms with Gasteiger partial charge in [0.05, 0.1) is 0 Å². The standard InChI is InChI=1S/C12H18N2O4S3/c1-7-10(12(15)16)14-8(2)11(7)21(17,18)13-5-9-6-19-3-4-20-9/h9,13-14H,3-6H2,1-2H3,(H,15,16). The van der Waals surface area contributed by atoms with Gasteiger partial charge in [-0.25, -0.2) is 17.9 Å². The van der Waals surface area contributed by atoms with Crippen LogP contribution in [0.5, 0.6) is 0 Å². The third kappa shape index (κ3) is 3.77. The van der Waals surface area contributed by atoms with Crippen molar-refractivity contribution >= 4 is 39.5 Å². The fourth-order valence-corrected chi connectivity index (χ4v) is 6.52. The first-order valence-corrected chi connectivity index (χ1v) is 10.1. The number of aryl methyl sites for hydroxylation is 1. The van der Waals surface area contributed by atoms with Crippen molar-refractivity contribution in [3.05, 3.63) is 17.0 Å². The van der Waals surface area contributed by atoms with Gasteiger partial charge >= 0.3 is 5.97 Å². The maximum Gasteiger partial charge on any atom is 0.352 e. The van der Waals surface area contributed by atoms with Gasteiger partial charge in [-0.15, -0.1) is 0 Å². The van der Waals surface area contributed by atoms with E-state index >= 15 is 0 Å². The minimum Gasteiger partial charge on any atom is -0.477 e. The molecule has 0 radical (unpaired) electrons. The number of sulfonamides is 1. The zero-order valence-electron chi connectivity index (χ0n) is 11.8. The van der Waals surface area contributed by atoms with E-state index in [1.54, 1.807) is 18.7 Å². The number of carboxylic acid groups (broad SMARTS) is 1. The lowest BCUT2D eigenvalue weighted by molar-refractivity contribution is 0.0690. The molecule has 21 heavy (non-hydrogen) atoms. The summed E-state index contributed by atoms with van der Waals surface area (Å²) in [5.74, 6) is 1.91. The second-order valence-electron chi connectivity index (χ2n) is 4.80. The largest absolute Gasteiger partial charge is 0.477 e. The highest BCUT2D eigenvalue weighted by molar-refractivity contribution is 8.06. The summed E-state index contributed by atoms with van der Waals surface area (Å²) >= 11 is 3.59. The topological polar surface area (TPSA) is 99.3 Å². The highest BCUT2D eigenvalue weighted by atomic mass is 32.2. The minimum atomic E-state index is -3.70. The molecule has 0 bridgehead atoms. The Morgan fingerprint density at radius 1 is 1.43 bits per heavy atom. The van der Waals surface area contributed by atoms with Crippen molar-refractivity contribution in [3.63, 3.8) is 0 Å². The van der Waals surface area contributed by atoms with Crippen molar-refractivity contribution in [1.29, 1.82) is 0 Å². The van der Waals surface area contributed by atoms with E-state index in [9.17, 15) is 13.2 Å². The first-order valence-electron chi connectivity index (χ1n) is 6.44. The van der Waals surface area contributed by atoms with Gasteiger partial charge in [-0.1, -0.05) is 0 Å². The van der Waals surface area contributed by atoms with Crippen molar-refractivity contribution < 1.29 is 18.3 Å². The monoisotopic (exact) mass is 350 g/mol. The summed E-state index contributed by atoms with van der Waals surface area (Å²) < 4.78 is 27.4. The predicted molar refractivity (Wildman–Crippen MR) is 86.0 cm³/mol. The summed E-state index contributed by atoms with van der Waals surface area (Å²) in [4.78, 5) is 13.7. The molecule has 1 fully saturated rings. The van der Waals surface area contributed by atoms with E-state index in [2.05, 4.69) is 9.71 Å². The second kappa shape index (κ2) is 6.64. The number of aromatic amines is 1. The molecule has 1 atom stereocenters. The third-order valence-electron chi connectivity index (χ3n) is 3.24. The molecular weight excluding hydrogens is 332 g/mol. The number of carboxylic acids is 1. The molecule has 0 spiro atoms. The lowest BCUT2D eigenvalue weighted by atomic mass is 10.2. The van der Waals surface area contributed by atoms with Crippen LogP contribution in [0, 0.1) is 13.8 Å². The van der Waals surface area contributed by atoms with Gasteiger partial charge < -0.3 is 10.1 Å². The van der Waals surface area contributed by atoms with E-state index in [-0.39, 0.29) is 21.4 Å². The maximum atomic E-state index is 12.4. The van der Waals surface area contributed by atoms with E-state index in [1.807, 2.05) is 11.8 Å². The fraction of sp³-hybridized carbons (Fsp3) is 0.583. The molecule has 0 aromatic carbocycles. The van der Waals surface area contributed by atoms with E-state index in [0.717, 1.165) is 17.3 Å². The molecule has 118 valence electrons. The Balaban J connectivity index is 2.17. The number of rotatable bonds is 5. The highest BCUT2D eigenvalue weighted by Crippen LogP contribution is 2.26. The number of aromatic nitrogens is 1. The van der Waals surface area contributed by atoms with Gasteiger partial charge in [0.25, 0.3) is 0 Å². The number of carbonyl (C=O) groups is 1. The van der Waals surface area contributed by atoms with Crippen molar-refractivity contribution in [3.8, 4) is 0 Å². The lowest BCUT2D eigenvalue weighted by Crippen LogP contribution is -2.33. The number of hydrogen-bond acceptors (Lipinski definition) is 5. The van der Waals surface area contributed by atoms with Gasteiger partial charge in [-0.05, 0) is 13.8 Å². The summed E-state index contributed by atoms with van der Waals surface area (Å²) in [6.07, 6.45) is 0. The second-order valence-corrected chi connectivity index (χ2v) is 9.07. The average Bonchev–Trinajstić information content (AvgIpc) is 2.74. The summed E-state index contributed by atoms with van der Waals surface area (Å²) in [7, 11) is -3.70. The van der Waals surface area contributed by atoms with Crippen LogP contribution in [0.4, 0.5) is 0 Å². The van der Waals surface area contributed by atoms with Gasteiger partial charge in [0.1, 0.15) is 10.6 Å². The molecule has 0 amide bonds. The van der Waals surface area contributed by atoms with Crippen LogP contribution in [0.15, 0.2) is 4.90 Å². The highest BCUT2D eigenvalue weighted by Gasteiger charge is 2.27. The lowest BCUT2D eigenvalue weighted by Gasteiger charge is -2.21. The van der Waals surface area contributed by atoms with Crippen LogP contribution >= 0.6 is 23.5 Å². The first kappa shape index (κ1) is 16.7. The molecular formula is C12H18N2O4S3. The molecule has 9 heteroatoms. The van der Waals surface area contributed by atoms with Gasteiger partial charge in [-0.2, -0.15) is 23.5 Å². The maximum absolute atomic E-state index is 12.4. The van der Waals surface area contributed by atoms with Gasteiger partial charge in [0.15, 0.2) is 0 Å². The van der Waals surface area contributed by atoms with Crippen LogP contribution in [0.1, 0.15) is 21.7 Å². The Kier molecular flexibility index (Phi) is 5.29. The van der Waals surface area contributed by atoms with Crippen molar-refractivity contribution in [1.82, 2.24) is 9.71 Å². The molecule has 2 rings (SSSR count). The Labute approximate surface area is 132 Å². The zero-order chi connectivity index (χ0) is 15.6. The summed E-state index contributed by atoms with van der Waals surface area (Å²) in [6.45, 7) is 3.44. The zero-order valence-corrected chi connectivity index (χ0v) is 14.3. The normalized spacial score (nSPS) is 19.6. The van der Waals surface area contributed by atoms with Crippen molar-refractivity contribution in [2.75, 3.05) is 23.8 Å². The number of nitrogens with one attached hydrogen (secondary N) is 2. The Hall–Kier alpha value is -0.640. The number of hydrogen-bond donors (Lipinski definition) is 3. The van der Waals surface area contributed by atoms with Crippen LogP contribution in [0.25, 0.3) is 0 Å². The summed E-state index contributed by atoms with van der Waals surface area (Å²) in [5.41, 5.74) is 0.525. The molecule has 1 aromatic rings. The number of aromatic carboxylic acids is 1. The quantitative estimate of drug-likeness (QED) is 0.743. The predicted octanol–water partition coefficient (Wildman–Crippen LogP) is 1.46. The SMILES string of the molecule is Cc1[nH]c(C(=O)O)c(C)c1S(=O)(=O)NCC1CSCCS1. The number of thioether (sulfide) groups is 2. The van der Waals surface area contributed by atoms with Gasteiger partial charge in [0, 0.05) is 40.3 Å². The first-order chi connectivity index (χ1) is 9.83. The fourth-order valence-electron chi connectivity index (χ4n) is 2.28. The number of H-pyrrole nitrogens is 1.